The lowest BCUT2D eigenvalue weighted by Gasteiger charge is -2.26. The van der Waals surface area contributed by atoms with Crippen LogP contribution in [0.4, 0.5) is 10.7 Å². The molecule has 4 rings (SSSR count). The highest BCUT2D eigenvalue weighted by atomic mass is 32.1. The average molecular weight is 448 g/mol. The molecular weight excluding hydrogens is 422 g/mol. The zero-order valence-corrected chi connectivity index (χ0v) is 18.1. The molecule has 11 heteroatoms. The summed E-state index contributed by atoms with van der Waals surface area (Å²) in [5.41, 5.74) is 1.64. The van der Waals surface area contributed by atoms with E-state index in [0.717, 1.165) is 51.3 Å². The van der Waals surface area contributed by atoms with Gasteiger partial charge in [-0.3, -0.25) is 19.2 Å². The second kappa shape index (κ2) is 9.58. The Bertz CT molecular complexity index is 961. The number of carbonyl (C=O) groups is 3. The van der Waals surface area contributed by atoms with Gasteiger partial charge in [0.1, 0.15) is 5.00 Å². The van der Waals surface area contributed by atoms with Crippen molar-refractivity contribution in [1.29, 1.82) is 0 Å². The first kappa shape index (κ1) is 21.5. The van der Waals surface area contributed by atoms with Crippen LogP contribution in [0.2, 0.25) is 0 Å². The molecule has 1 aliphatic carbocycles. The summed E-state index contributed by atoms with van der Waals surface area (Å²) >= 11 is 1.22. The SMILES string of the molecule is COC(=O)c1c(C2CC2)csc1NC(=O)C(=O)Nc1cnn(CCN2CCOCC2)c1. The lowest BCUT2D eigenvalue weighted by molar-refractivity contribution is -0.132. The number of ether oxygens (including phenoxy) is 2. The van der Waals surface area contributed by atoms with Crippen LogP contribution in [0, 0.1) is 0 Å². The third-order valence-corrected chi connectivity index (χ3v) is 6.21. The van der Waals surface area contributed by atoms with E-state index in [2.05, 4.69) is 20.6 Å². The summed E-state index contributed by atoms with van der Waals surface area (Å²) in [6, 6.07) is 0. The fraction of sp³-hybridized carbons (Fsp3) is 0.500. The van der Waals surface area contributed by atoms with Gasteiger partial charge in [-0.15, -0.1) is 11.3 Å². The number of thiophene rings is 1. The standard InChI is InChI=1S/C20H25N5O5S/c1-29-20(28)16-15(13-2-3-13)12-31-19(16)23-18(27)17(26)22-14-10-21-25(11-14)5-4-24-6-8-30-9-7-24/h10-13H,2-9H2,1H3,(H,22,26)(H,23,27). The van der Waals surface area contributed by atoms with E-state index in [9.17, 15) is 14.4 Å². The highest BCUT2D eigenvalue weighted by molar-refractivity contribution is 7.15. The van der Waals surface area contributed by atoms with Gasteiger partial charge < -0.3 is 20.1 Å². The van der Waals surface area contributed by atoms with Crippen LogP contribution in [-0.4, -0.2) is 72.4 Å². The Labute approximate surface area is 183 Å². The molecule has 1 saturated carbocycles. The largest absolute Gasteiger partial charge is 0.465 e. The molecule has 2 N–H and O–H groups in total. The first-order chi connectivity index (χ1) is 15.0. The summed E-state index contributed by atoms with van der Waals surface area (Å²) in [6.07, 6.45) is 5.19. The number of anilines is 2. The number of nitrogens with zero attached hydrogens (tertiary/aromatic N) is 3. The molecule has 2 fully saturated rings. The quantitative estimate of drug-likeness (QED) is 0.488. The van der Waals surface area contributed by atoms with Crippen molar-refractivity contribution in [2.45, 2.75) is 25.3 Å². The second-order valence-electron chi connectivity index (χ2n) is 7.52. The molecule has 2 aromatic rings. The molecule has 10 nitrogen and oxygen atoms in total. The van der Waals surface area contributed by atoms with Crippen LogP contribution in [-0.2, 0) is 25.6 Å². The predicted octanol–water partition coefficient (Wildman–Crippen LogP) is 1.52. The van der Waals surface area contributed by atoms with Crippen LogP contribution < -0.4 is 10.6 Å². The Morgan fingerprint density at radius 1 is 1.19 bits per heavy atom. The number of methoxy groups -OCH3 is 1. The van der Waals surface area contributed by atoms with Gasteiger partial charge in [0, 0.05) is 25.8 Å². The van der Waals surface area contributed by atoms with Crippen molar-refractivity contribution in [2.24, 2.45) is 0 Å². The lowest BCUT2D eigenvalue weighted by atomic mass is 10.1. The van der Waals surface area contributed by atoms with Crippen LogP contribution in [0.15, 0.2) is 17.8 Å². The Balaban J connectivity index is 1.32. The maximum absolute atomic E-state index is 12.4. The van der Waals surface area contributed by atoms with E-state index in [4.69, 9.17) is 9.47 Å². The Morgan fingerprint density at radius 3 is 2.65 bits per heavy atom. The number of amides is 2. The summed E-state index contributed by atoms with van der Waals surface area (Å²) in [4.78, 5) is 39.2. The minimum atomic E-state index is -0.851. The van der Waals surface area contributed by atoms with Gasteiger partial charge in [0.25, 0.3) is 0 Å². The van der Waals surface area contributed by atoms with Crippen LogP contribution in [0.5, 0.6) is 0 Å². The number of carbonyl (C=O) groups excluding carboxylic acids is 3. The summed E-state index contributed by atoms with van der Waals surface area (Å²) in [5.74, 6) is -1.88. The third kappa shape index (κ3) is 5.30. The summed E-state index contributed by atoms with van der Waals surface area (Å²) in [7, 11) is 1.30. The molecule has 0 unspecified atom stereocenters. The van der Waals surface area contributed by atoms with Crippen molar-refractivity contribution >= 4 is 39.8 Å². The van der Waals surface area contributed by atoms with Crippen molar-refractivity contribution < 1.29 is 23.9 Å². The number of nitrogens with one attached hydrogen (secondary N) is 2. The van der Waals surface area contributed by atoms with Gasteiger partial charge >= 0.3 is 17.8 Å². The summed E-state index contributed by atoms with van der Waals surface area (Å²) in [6.45, 7) is 4.76. The predicted molar refractivity (Wildman–Crippen MR) is 114 cm³/mol. The Hall–Kier alpha value is -2.76. The van der Waals surface area contributed by atoms with E-state index in [1.165, 1.54) is 24.6 Å². The number of hydrogen-bond donors (Lipinski definition) is 2. The van der Waals surface area contributed by atoms with Gasteiger partial charge in [0.15, 0.2) is 0 Å². The lowest BCUT2D eigenvalue weighted by Crippen LogP contribution is -2.38. The zero-order valence-electron chi connectivity index (χ0n) is 17.3. The maximum Gasteiger partial charge on any atom is 0.341 e. The highest BCUT2D eigenvalue weighted by Gasteiger charge is 2.32. The first-order valence-electron chi connectivity index (χ1n) is 10.2. The summed E-state index contributed by atoms with van der Waals surface area (Å²) in [5, 5.41) is 11.5. The molecule has 1 aliphatic heterocycles. The van der Waals surface area contributed by atoms with Crippen molar-refractivity contribution in [1.82, 2.24) is 14.7 Å². The maximum atomic E-state index is 12.4. The Kier molecular flexibility index (Phi) is 6.64. The smallest absolute Gasteiger partial charge is 0.341 e. The van der Waals surface area contributed by atoms with Crippen molar-refractivity contribution in [3.05, 3.63) is 28.9 Å². The van der Waals surface area contributed by atoms with Crippen LogP contribution >= 0.6 is 11.3 Å². The third-order valence-electron chi connectivity index (χ3n) is 5.30. The first-order valence-corrected chi connectivity index (χ1v) is 11.1. The molecule has 0 aromatic carbocycles. The molecule has 2 amide bonds. The van der Waals surface area contributed by atoms with E-state index in [0.29, 0.717) is 28.7 Å². The summed E-state index contributed by atoms with van der Waals surface area (Å²) < 4.78 is 11.9. The number of rotatable bonds is 7. The molecular formula is C20H25N5O5S. The zero-order chi connectivity index (χ0) is 21.8. The minimum Gasteiger partial charge on any atom is -0.465 e. The highest BCUT2D eigenvalue weighted by Crippen LogP contribution is 2.46. The van der Waals surface area contributed by atoms with E-state index < -0.39 is 17.8 Å². The topological polar surface area (TPSA) is 115 Å². The van der Waals surface area contributed by atoms with Crippen LogP contribution in [0.1, 0.15) is 34.7 Å². The molecule has 0 atom stereocenters. The van der Waals surface area contributed by atoms with Gasteiger partial charge in [-0.05, 0) is 29.7 Å². The number of morpholine rings is 1. The number of hydrogen-bond acceptors (Lipinski definition) is 8. The number of esters is 1. The molecule has 166 valence electrons. The number of aromatic nitrogens is 2. The monoisotopic (exact) mass is 447 g/mol. The van der Waals surface area contributed by atoms with Crippen molar-refractivity contribution in [2.75, 3.05) is 50.6 Å². The van der Waals surface area contributed by atoms with Gasteiger partial charge in [0.2, 0.25) is 0 Å². The van der Waals surface area contributed by atoms with E-state index in [1.807, 2.05) is 5.38 Å². The fourth-order valence-electron chi connectivity index (χ4n) is 3.44. The van der Waals surface area contributed by atoms with Crippen molar-refractivity contribution in [3.8, 4) is 0 Å². The van der Waals surface area contributed by atoms with Gasteiger partial charge in [-0.1, -0.05) is 0 Å². The second-order valence-corrected chi connectivity index (χ2v) is 8.40. The molecule has 2 aromatic heterocycles. The van der Waals surface area contributed by atoms with Gasteiger partial charge in [0.05, 0.1) is 44.3 Å². The molecule has 0 radical (unpaired) electrons. The Morgan fingerprint density at radius 2 is 1.94 bits per heavy atom. The van der Waals surface area contributed by atoms with Crippen LogP contribution in [0.25, 0.3) is 0 Å². The molecule has 3 heterocycles. The van der Waals surface area contributed by atoms with E-state index in [1.54, 1.807) is 10.9 Å². The normalized spacial score (nSPS) is 16.7. The minimum absolute atomic E-state index is 0.313. The molecule has 2 aliphatic rings. The molecule has 0 bridgehead atoms. The average Bonchev–Trinajstić information content (AvgIpc) is 3.40. The fourth-order valence-corrected chi connectivity index (χ4v) is 4.46. The van der Waals surface area contributed by atoms with Gasteiger partial charge in [-0.2, -0.15) is 5.10 Å². The van der Waals surface area contributed by atoms with Gasteiger partial charge in [-0.25, -0.2) is 4.79 Å². The molecule has 0 spiro atoms. The molecule has 31 heavy (non-hydrogen) atoms. The molecule has 1 saturated heterocycles. The van der Waals surface area contributed by atoms with E-state index >= 15 is 0 Å². The van der Waals surface area contributed by atoms with Crippen molar-refractivity contribution in [3.63, 3.8) is 0 Å². The van der Waals surface area contributed by atoms with E-state index in [-0.39, 0.29) is 0 Å². The van der Waals surface area contributed by atoms with Crippen LogP contribution in [0.3, 0.4) is 0 Å².